The lowest BCUT2D eigenvalue weighted by molar-refractivity contribution is -0.138. The number of aryl methyl sites for hydroxylation is 1. The molecular formula is C15H22N2O4. The normalized spacial score (nSPS) is 11.0. The van der Waals surface area contributed by atoms with Gasteiger partial charge in [0.2, 0.25) is 0 Å². The summed E-state index contributed by atoms with van der Waals surface area (Å²) in [5.74, 6) is -1.05. The summed E-state index contributed by atoms with van der Waals surface area (Å²) in [6, 6.07) is 3.79. The fraction of sp³-hybridized carbons (Fsp3) is 0.533. The minimum Gasteiger partial charge on any atom is -0.480 e. The highest BCUT2D eigenvalue weighted by Gasteiger charge is 2.23. The molecule has 0 bridgehead atoms. The van der Waals surface area contributed by atoms with E-state index in [0.29, 0.717) is 13.0 Å². The Morgan fingerprint density at radius 2 is 2.10 bits per heavy atom. The molecule has 0 radical (unpaired) electrons. The van der Waals surface area contributed by atoms with Gasteiger partial charge < -0.3 is 9.84 Å². The monoisotopic (exact) mass is 294 g/mol. The van der Waals surface area contributed by atoms with Gasteiger partial charge in [0.05, 0.1) is 0 Å². The summed E-state index contributed by atoms with van der Waals surface area (Å²) in [4.78, 5) is 28.0. The van der Waals surface area contributed by atoms with Crippen molar-refractivity contribution in [1.82, 2.24) is 9.88 Å². The maximum absolute atomic E-state index is 12.0. The highest BCUT2D eigenvalue weighted by molar-refractivity contribution is 5.76. The van der Waals surface area contributed by atoms with Crippen LogP contribution in [0.4, 0.5) is 4.79 Å². The van der Waals surface area contributed by atoms with Crippen molar-refractivity contribution in [2.45, 2.75) is 39.2 Å². The lowest BCUT2D eigenvalue weighted by atomic mass is 10.1. The Morgan fingerprint density at radius 1 is 1.38 bits per heavy atom. The summed E-state index contributed by atoms with van der Waals surface area (Å²) in [7, 11) is 0. The first-order valence-corrected chi connectivity index (χ1v) is 6.86. The van der Waals surface area contributed by atoms with Crippen molar-refractivity contribution in [3.05, 3.63) is 30.1 Å². The third-order valence-electron chi connectivity index (χ3n) is 2.59. The van der Waals surface area contributed by atoms with Crippen LogP contribution in [-0.4, -0.2) is 45.7 Å². The molecule has 0 fully saturated rings. The molecule has 1 heterocycles. The standard InChI is InChI=1S/C15H22N2O4/c1-15(2,3)21-14(20)17(11-13(18)19)9-5-7-12-6-4-8-16-10-12/h4,6,8,10H,5,7,9,11H2,1-3H3,(H,18,19). The number of carboxylic acids is 1. The van der Waals surface area contributed by atoms with Crippen LogP contribution >= 0.6 is 0 Å². The number of aliphatic carboxylic acids is 1. The second-order valence-corrected chi connectivity index (χ2v) is 5.76. The molecule has 0 spiro atoms. The smallest absolute Gasteiger partial charge is 0.410 e. The highest BCUT2D eigenvalue weighted by Crippen LogP contribution is 2.11. The number of pyridine rings is 1. The van der Waals surface area contributed by atoms with Crippen LogP contribution in [0, 0.1) is 0 Å². The van der Waals surface area contributed by atoms with Gasteiger partial charge in [-0.3, -0.25) is 14.7 Å². The summed E-state index contributed by atoms with van der Waals surface area (Å²) < 4.78 is 5.21. The fourth-order valence-corrected chi connectivity index (χ4v) is 1.74. The van der Waals surface area contributed by atoms with Crippen LogP contribution in [0.5, 0.6) is 0 Å². The fourth-order valence-electron chi connectivity index (χ4n) is 1.74. The number of carbonyl (C=O) groups is 2. The summed E-state index contributed by atoms with van der Waals surface area (Å²) in [5.41, 5.74) is 0.411. The summed E-state index contributed by atoms with van der Waals surface area (Å²) in [5, 5.41) is 8.89. The van der Waals surface area contributed by atoms with Crippen molar-refractivity contribution >= 4 is 12.1 Å². The van der Waals surface area contributed by atoms with Crippen LogP contribution in [0.15, 0.2) is 24.5 Å². The predicted molar refractivity (Wildman–Crippen MR) is 78.0 cm³/mol. The quantitative estimate of drug-likeness (QED) is 0.871. The number of carbonyl (C=O) groups excluding carboxylic acids is 1. The third kappa shape index (κ3) is 7.29. The van der Waals surface area contributed by atoms with E-state index in [0.717, 1.165) is 12.0 Å². The molecule has 1 aromatic rings. The average molecular weight is 294 g/mol. The van der Waals surface area contributed by atoms with Crippen LogP contribution in [0.1, 0.15) is 32.8 Å². The van der Waals surface area contributed by atoms with E-state index in [2.05, 4.69) is 4.98 Å². The van der Waals surface area contributed by atoms with Gasteiger partial charge in [0, 0.05) is 18.9 Å². The molecule has 0 aliphatic rings. The van der Waals surface area contributed by atoms with Crippen molar-refractivity contribution in [3.8, 4) is 0 Å². The first-order valence-electron chi connectivity index (χ1n) is 6.86. The van der Waals surface area contributed by atoms with Crippen LogP contribution in [0.25, 0.3) is 0 Å². The number of hydrogen-bond acceptors (Lipinski definition) is 4. The van der Waals surface area contributed by atoms with Gasteiger partial charge in [0.15, 0.2) is 0 Å². The number of amides is 1. The van der Waals surface area contributed by atoms with Gasteiger partial charge in [-0.05, 0) is 45.2 Å². The van der Waals surface area contributed by atoms with E-state index in [1.165, 1.54) is 4.90 Å². The lowest BCUT2D eigenvalue weighted by Gasteiger charge is -2.26. The van der Waals surface area contributed by atoms with Crippen molar-refractivity contribution in [2.24, 2.45) is 0 Å². The van der Waals surface area contributed by atoms with E-state index in [9.17, 15) is 9.59 Å². The number of ether oxygens (including phenoxy) is 1. The first kappa shape index (κ1) is 16.9. The maximum Gasteiger partial charge on any atom is 0.410 e. The molecule has 1 N–H and O–H groups in total. The highest BCUT2D eigenvalue weighted by atomic mass is 16.6. The van der Waals surface area contributed by atoms with Crippen LogP contribution in [0.2, 0.25) is 0 Å². The Labute approximate surface area is 124 Å². The Hall–Kier alpha value is -2.11. The van der Waals surface area contributed by atoms with Crippen LogP contribution in [-0.2, 0) is 16.0 Å². The van der Waals surface area contributed by atoms with Gasteiger partial charge in [-0.25, -0.2) is 4.79 Å². The van der Waals surface area contributed by atoms with E-state index in [4.69, 9.17) is 9.84 Å². The molecule has 6 heteroatoms. The lowest BCUT2D eigenvalue weighted by Crippen LogP contribution is -2.40. The zero-order valence-electron chi connectivity index (χ0n) is 12.7. The van der Waals surface area contributed by atoms with Gasteiger partial charge in [-0.15, -0.1) is 0 Å². The molecule has 0 atom stereocenters. The molecule has 0 saturated heterocycles. The summed E-state index contributed by atoms with van der Waals surface area (Å²) in [6.45, 7) is 5.22. The second-order valence-electron chi connectivity index (χ2n) is 5.76. The largest absolute Gasteiger partial charge is 0.480 e. The second kappa shape index (κ2) is 7.61. The third-order valence-corrected chi connectivity index (χ3v) is 2.59. The average Bonchev–Trinajstić information content (AvgIpc) is 2.36. The Balaban J connectivity index is 2.53. The zero-order valence-corrected chi connectivity index (χ0v) is 12.7. The Morgan fingerprint density at radius 3 is 2.62 bits per heavy atom. The van der Waals surface area contributed by atoms with E-state index in [-0.39, 0.29) is 6.54 Å². The molecular weight excluding hydrogens is 272 g/mol. The number of hydrogen-bond donors (Lipinski definition) is 1. The van der Waals surface area contributed by atoms with Gasteiger partial charge >= 0.3 is 12.1 Å². The Bertz CT molecular complexity index is 468. The van der Waals surface area contributed by atoms with Crippen molar-refractivity contribution in [3.63, 3.8) is 0 Å². The summed E-state index contributed by atoms with van der Waals surface area (Å²) >= 11 is 0. The zero-order chi connectivity index (χ0) is 15.9. The summed E-state index contributed by atoms with van der Waals surface area (Å²) in [6.07, 6.45) is 4.23. The maximum atomic E-state index is 12.0. The van der Waals surface area contributed by atoms with E-state index >= 15 is 0 Å². The Kier molecular flexibility index (Phi) is 6.14. The van der Waals surface area contributed by atoms with E-state index in [1.54, 1.807) is 33.2 Å². The molecule has 0 unspecified atom stereocenters. The predicted octanol–water partition coefficient (Wildman–Crippen LogP) is 2.34. The van der Waals surface area contributed by atoms with Gasteiger partial charge in [-0.1, -0.05) is 6.07 Å². The molecule has 6 nitrogen and oxygen atoms in total. The van der Waals surface area contributed by atoms with Gasteiger partial charge in [0.1, 0.15) is 12.1 Å². The molecule has 21 heavy (non-hydrogen) atoms. The number of aromatic nitrogens is 1. The molecule has 0 aromatic carbocycles. The molecule has 0 aliphatic heterocycles. The van der Waals surface area contributed by atoms with E-state index < -0.39 is 17.7 Å². The molecule has 0 aliphatic carbocycles. The number of nitrogens with zero attached hydrogens (tertiary/aromatic N) is 2. The molecule has 1 rings (SSSR count). The van der Waals surface area contributed by atoms with Crippen LogP contribution in [0.3, 0.4) is 0 Å². The van der Waals surface area contributed by atoms with Crippen LogP contribution < -0.4 is 0 Å². The van der Waals surface area contributed by atoms with E-state index in [1.807, 2.05) is 12.1 Å². The molecule has 116 valence electrons. The minimum absolute atomic E-state index is 0.329. The molecule has 0 saturated carbocycles. The van der Waals surface area contributed by atoms with Gasteiger partial charge in [0.25, 0.3) is 0 Å². The van der Waals surface area contributed by atoms with Crippen molar-refractivity contribution in [2.75, 3.05) is 13.1 Å². The first-order chi connectivity index (χ1) is 9.78. The SMILES string of the molecule is CC(C)(C)OC(=O)N(CCCc1cccnc1)CC(=O)O. The molecule has 1 amide bonds. The number of rotatable bonds is 6. The minimum atomic E-state index is -1.05. The van der Waals surface area contributed by atoms with Crippen molar-refractivity contribution < 1.29 is 19.4 Å². The molecule has 1 aromatic heterocycles. The van der Waals surface area contributed by atoms with Crippen molar-refractivity contribution in [1.29, 1.82) is 0 Å². The number of carboxylic acid groups (broad SMARTS) is 1. The van der Waals surface area contributed by atoms with Gasteiger partial charge in [-0.2, -0.15) is 0 Å². The topological polar surface area (TPSA) is 79.7 Å².